The van der Waals surface area contributed by atoms with E-state index >= 15 is 0 Å². The maximum absolute atomic E-state index is 13.0. The van der Waals surface area contributed by atoms with E-state index in [0.29, 0.717) is 35.8 Å². The Morgan fingerprint density at radius 3 is 2.78 bits per heavy atom. The summed E-state index contributed by atoms with van der Waals surface area (Å²) in [6.07, 6.45) is 2.04. The molecule has 2 heterocycles. The molecule has 0 spiro atoms. The summed E-state index contributed by atoms with van der Waals surface area (Å²) in [7, 11) is 0. The normalized spacial score (nSPS) is 12.7. The molecule has 1 amide bonds. The van der Waals surface area contributed by atoms with Gasteiger partial charge in [-0.25, -0.2) is 4.39 Å². The second kappa shape index (κ2) is 9.51. The number of carbonyl (C=O) groups excluding carboxylic acids is 1. The molecular weight excluding hydrogens is 407 g/mol. The molecule has 7 heteroatoms. The van der Waals surface area contributed by atoms with Crippen LogP contribution in [0, 0.1) is 5.82 Å². The molecule has 4 rings (SSSR count). The van der Waals surface area contributed by atoms with E-state index in [1.54, 1.807) is 6.07 Å². The standard InChI is InChI=1S/C25H25FN4O2/c1-2-11-28-25(31)22-14-30-24-20(7-4-8-21(24)23(22)27)16-5-3-6-19(12-16)32-15-18-10-9-17(26)13-29-18/h3-10,12-13,30H,2,11,14-15,27H2,1H3,(H,28,31). The molecule has 32 heavy (non-hydrogen) atoms. The first kappa shape index (κ1) is 21.4. The van der Waals surface area contributed by atoms with Gasteiger partial charge in [0.05, 0.1) is 28.8 Å². The second-order valence-electron chi connectivity index (χ2n) is 7.51. The zero-order chi connectivity index (χ0) is 22.5. The predicted octanol–water partition coefficient (Wildman–Crippen LogP) is 4.09. The largest absolute Gasteiger partial charge is 0.487 e. The van der Waals surface area contributed by atoms with Crippen molar-refractivity contribution < 1.29 is 13.9 Å². The van der Waals surface area contributed by atoms with Crippen molar-refractivity contribution in [2.24, 2.45) is 5.73 Å². The van der Waals surface area contributed by atoms with E-state index in [9.17, 15) is 9.18 Å². The van der Waals surface area contributed by atoms with Crippen LogP contribution in [0.15, 0.2) is 66.4 Å². The van der Waals surface area contributed by atoms with Crippen molar-refractivity contribution in [3.8, 4) is 16.9 Å². The SMILES string of the molecule is CCCNC(=O)C1=C(N)c2cccc(-c3cccc(OCc4ccc(F)cn4)c3)c2NC1. The summed E-state index contributed by atoms with van der Waals surface area (Å²) in [5, 5.41) is 6.25. The second-order valence-corrected chi connectivity index (χ2v) is 7.51. The molecule has 1 aromatic heterocycles. The van der Waals surface area contributed by atoms with Crippen LogP contribution in [-0.4, -0.2) is 24.0 Å². The number of hydrogen-bond donors (Lipinski definition) is 3. The molecule has 0 saturated heterocycles. The highest BCUT2D eigenvalue weighted by Gasteiger charge is 2.23. The van der Waals surface area contributed by atoms with E-state index in [2.05, 4.69) is 15.6 Å². The fraction of sp³-hybridized carbons (Fsp3) is 0.200. The van der Waals surface area contributed by atoms with E-state index in [0.717, 1.165) is 28.8 Å². The number of nitrogens with zero attached hydrogens (tertiary/aromatic N) is 1. The minimum absolute atomic E-state index is 0.141. The van der Waals surface area contributed by atoms with Gasteiger partial charge in [-0.05, 0) is 36.2 Å². The number of hydrogen-bond acceptors (Lipinski definition) is 5. The third kappa shape index (κ3) is 4.56. The van der Waals surface area contributed by atoms with Gasteiger partial charge in [0.25, 0.3) is 5.91 Å². The molecule has 0 bridgehead atoms. The number of pyridine rings is 1. The van der Waals surface area contributed by atoms with E-state index in [4.69, 9.17) is 10.5 Å². The Morgan fingerprint density at radius 1 is 1.19 bits per heavy atom. The number of anilines is 1. The lowest BCUT2D eigenvalue weighted by Crippen LogP contribution is -2.32. The van der Waals surface area contributed by atoms with Gasteiger partial charge in [0.1, 0.15) is 18.2 Å². The van der Waals surface area contributed by atoms with Crippen LogP contribution in [0.25, 0.3) is 16.8 Å². The summed E-state index contributed by atoms with van der Waals surface area (Å²) in [5.41, 5.74) is 11.7. The van der Waals surface area contributed by atoms with Gasteiger partial charge in [0.15, 0.2) is 0 Å². The van der Waals surface area contributed by atoms with E-state index in [1.165, 1.54) is 12.3 Å². The third-order valence-electron chi connectivity index (χ3n) is 5.25. The molecule has 1 aliphatic rings. The number of halogens is 1. The molecule has 0 aliphatic carbocycles. The van der Waals surface area contributed by atoms with Crippen molar-refractivity contribution in [1.82, 2.24) is 10.3 Å². The van der Waals surface area contributed by atoms with Gasteiger partial charge in [0, 0.05) is 24.2 Å². The first-order valence-corrected chi connectivity index (χ1v) is 10.5. The topological polar surface area (TPSA) is 89.3 Å². The molecule has 6 nitrogen and oxygen atoms in total. The van der Waals surface area contributed by atoms with Crippen LogP contribution in [0.4, 0.5) is 10.1 Å². The zero-order valence-electron chi connectivity index (χ0n) is 17.8. The van der Waals surface area contributed by atoms with E-state index < -0.39 is 0 Å². The van der Waals surface area contributed by atoms with Crippen LogP contribution in [-0.2, 0) is 11.4 Å². The average Bonchev–Trinajstić information content (AvgIpc) is 2.82. The Morgan fingerprint density at radius 2 is 2.00 bits per heavy atom. The zero-order valence-corrected chi connectivity index (χ0v) is 17.8. The summed E-state index contributed by atoms with van der Waals surface area (Å²) < 4.78 is 18.9. The highest BCUT2D eigenvalue weighted by atomic mass is 19.1. The lowest BCUT2D eigenvalue weighted by molar-refractivity contribution is -0.117. The number of aromatic nitrogens is 1. The summed E-state index contributed by atoms with van der Waals surface area (Å²) in [6.45, 7) is 3.22. The number of nitrogens with two attached hydrogens (primary N) is 1. The number of nitrogens with one attached hydrogen (secondary N) is 2. The molecule has 3 aromatic rings. The van der Waals surface area contributed by atoms with E-state index in [1.807, 2.05) is 49.4 Å². The van der Waals surface area contributed by atoms with Crippen molar-refractivity contribution in [2.45, 2.75) is 20.0 Å². The Balaban J connectivity index is 1.59. The average molecular weight is 432 g/mol. The Hall–Kier alpha value is -3.87. The van der Waals surface area contributed by atoms with Gasteiger partial charge >= 0.3 is 0 Å². The number of benzene rings is 2. The maximum atomic E-state index is 13.0. The van der Waals surface area contributed by atoms with Crippen molar-refractivity contribution in [1.29, 1.82) is 0 Å². The summed E-state index contributed by atoms with van der Waals surface area (Å²) >= 11 is 0. The summed E-state index contributed by atoms with van der Waals surface area (Å²) in [4.78, 5) is 16.5. The minimum Gasteiger partial charge on any atom is -0.487 e. The highest BCUT2D eigenvalue weighted by molar-refractivity contribution is 6.05. The smallest absolute Gasteiger partial charge is 0.251 e. The van der Waals surface area contributed by atoms with E-state index in [-0.39, 0.29) is 18.3 Å². The highest BCUT2D eigenvalue weighted by Crippen LogP contribution is 2.37. The maximum Gasteiger partial charge on any atom is 0.251 e. The molecule has 0 fully saturated rings. The number of rotatable bonds is 7. The Kier molecular flexibility index (Phi) is 6.35. The number of amides is 1. The number of ether oxygens (including phenoxy) is 1. The van der Waals surface area contributed by atoms with Crippen LogP contribution in [0.5, 0.6) is 5.75 Å². The fourth-order valence-corrected chi connectivity index (χ4v) is 3.59. The van der Waals surface area contributed by atoms with Crippen LogP contribution in [0.3, 0.4) is 0 Å². The predicted molar refractivity (Wildman–Crippen MR) is 123 cm³/mol. The quantitative estimate of drug-likeness (QED) is 0.523. The fourth-order valence-electron chi connectivity index (χ4n) is 3.59. The number of fused-ring (bicyclic) bond motifs is 1. The monoisotopic (exact) mass is 432 g/mol. The molecule has 1 aliphatic heterocycles. The Bertz CT molecular complexity index is 1160. The Labute approximate surface area is 186 Å². The van der Waals surface area contributed by atoms with Crippen LogP contribution >= 0.6 is 0 Å². The first-order valence-electron chi connectivity index (χ1n) is 10.5. The molecular formula is C25H25FN4O2. The van der Waals surface area contributed by atoms with Crippen LogP contribution < -0.4 is 21.1 Å². The number of para-hydroxylation sites is 1. The van der Waals surface area contributed by atoms with Crippen molar-refractivity contribution in [3.63, 3.8) is 0 Å². The van der Waals surface area contributed by atoms with Gasteiger partial charge < -0.3 is 21.1 Å². The van der Waals surface area contributed by atoms with Crippen molar-refractivity contribution in [3.05, 3.63) is 83.4 Å². The lowest BCUT2D eigenvalue weighted by atomic mass is 9.93. The number of carbonyl (C=O) groups is 1. The van der Waals surface area contributed by atoms with Gasteiger partial charge in [-0.2, -0.15) is 0 Å². The molecule has 0 saturated carbocycles. The summed E-state index contributed by atoms with van der Waals surface area (Å²) in [5.74, 6) is 0.152. The molecule has 0 radical (unpaired) electrons. The molecule has 0 atom stereocenters. The van der Waals surface area contributed by atoms with Crippen molar-refractivity contribution in [2.75, 3.05) is 18.4 Å². The van der Waals surface area contributed by atoms with Crippen LogP contribution in [0.2, 0.25) is 0 Å². The van der Waals surface area contributed by atoms with Gasteiger partial charge in [-0.15, -0.1) is 0 Å². The van der Waals surface area contributed by atoms with Crippen LogP contribution in [0.1, 0.15) is 24.6 Å². The minimum atomic E-state index is -0.378. The first-order chi connectivity index (χ1) is 15.6. The third-order valence-corrected chi connectivity index (χ3v) is 5.25. The molecule has 4 N–H and O–H groups in total. The molecule has 2 aromatic carbocycles. The lowest BCUT2D eigenvalue weighted by Gasteiger charge is -2.24. The van der Waals surface area contributed by atoms with Crippen molar-refractivity contribution >= 4 is 17.3 Å². The van der Waals surface area contributed by atoms with Gasteiger partial charge in [-0.3, -0.25) is 9.78 Å². The molecule has 0 unspecified atom stereocenters. The van der Waals surface area contributed by atoms with Gasteiger partial charge in [0.2, 0.25) is 0 Å². The van der Waals surface area contributed by atoms with Gasteiger partial charge in [-0.1, -0.05) is 37.3 Å². The summed E-state index contributed by atoms with van der Waals surface area (Å²) in [6, 6.07) is 16.5. The molecule has 164 valence electrons.